The minimum atomic E-state index is -0.680. The van der Waals surface area contributed by atoms with Crippen molar-refractivity contribution in [1.82, 2.24) is 0 Å². The number of para-hydroxylation sites is 1. The Morgan fingerprint density at radius 2 is 1.96 bits per heavy atom. The van der Waals surface area contributed by atoms with Gasteiger partial charge in [0.15, 0.2) is 0 Å². The fourth-order valence-corrected chi connectivity index (χ4v) is 1.95. The fourth-order valence-electron chi connectivity index (χ4n) is 1.77. The SMILES string of the molecule is N#C/C(=C/Nc1ccc(F)c(Cl)c1)C(=O)Nc1ccccc1C#N. The van der Waals surface area contributed by atoms with Crippen molar-refractivity contribution in [2.75, 3.05) is 10.6 Å². The highest BCUT2D eigenvalue weighted by Gasteiger charge is 2.11. The van der Waals surface area contributed by atoms with Gasteiger partial charge in [-0.05, 0) is 30.3 Å². The first-order chi connectivity index (χ1) is 11.5. The predicted octanol–water partition coefficient (Wildman–Crippen LogP) is 3.81. The van der Waals surface area contributed by atoms with Crippen LogP contribution in [0.5, 0.6) is 0 Å². The third-order valence-electron chi connectivity index (χ3n) is 2.96. The van der Waals surface area contributed by atoms with Crippen LogP contribution < -0.4 is 10.6 Å². The Balaban J connectivity index is 2.15. The standard InChI is InChI=1S/C17H10ClFN4O/c18-14-7-13(5-6-15(14)19)22-10-12(9-21)17(24)23-16-4-2-1-3-11(16)8-20/h1-7,10,22H,(H,23,24)/b12-10-. The highest BCUT2D eigenvalue weighted by Crippen LogP contribution is 2.20. The van der Waals surface area contributed by atoms with E-state index in [2.05, 4.69) is 10.6 Å². The molecule has 24 heavy (non-hydrogen) atoms. The maximum absolute atomic E-state index is 13.1. The van der Waals surface area contributed by atoms with Crippen LogP contribution in [-0.2, 0) is 4.79 Å². The predicted molar refractivity (Wildman–Crippen MR) is 88.5 cm³/mol. The molecule has 2 N–H and O–H groups in total. The number of hydrogen-bond acceptors (Lipinski definition) is 4. The summed E-state index contributed by atoms with van der Waals surface area (Å²) in [6.45, 7) is 0. The third-order valence-corrected chi connectivity index (χ3v) is 3.25. The number of amides is 1. The molecule has 5 nitrogen and oxygen atoms in total. The molecule has 0 atom stereocenters. The van der Waals surface area contributed by atoms with Crippen molar-refractivity contribution in [3.8, 4) is 12.1 Å². The molecule has 2 aromatic carbocycles. The summed E-state index contributed by atoms with van der Waals surface area (Å²) in [7, 11) is 0. The summed E-state index contributed by atoms with van der Waals surface area (Å²) in [5, 5.41) is 23.2. The number of nitriles is 2. The molecule has 0 aliphatic heterocycles. The van der Waals surface area contributed by atoms with Gasteiger partial charge in [0.2, 0.25) is 0 Å². The van der Waals surface area contributed by atoms with E-state index < -0.39 is 11.7 Å². The highest BCUT2D eigenvalue weighted by atomic mass is 35.5. The number of rotatable bonds is 4. The molecular formula is C17H10ClFN4O. The van der Waals surface area contributed by atoms with E-state index >= 15 is 0 Å². The maximum Gasteiger partial charge on any atom is 0.267 e. The molecule has 7 heteroatoms. The highest BCUT2D eigenvalue weighted by molar-refractivity contribution is 6.31. The van der Waals surface area contributed by atoms with Crippen LogP contribution in [0.2, 0.25) is 5.02 Å². The summed E-state index contributed by atoms with van der Waals surface area (Å²) in [4.78, 5) is 12.1. The molecule has 0 radical (unpaired) electrons. The molecule has 0 saturated carbocycles. The fraction of sp³-hybridized carbons (Fsp3) is 0. The van der Waals surface area contributed by atoms with E-state index in [0.717, 1.165) is 6.07 Å². The molecule has 0 aromatic heterocycles. The molecule has 0 heterocycles. The Morgan fingerprint density at radius 1 is 1.21 bits per heavy atom. The Labute approximate surface area is 142 Å². The normalized spacial score (nSPS) is 10.4. The average molecular weight is 341 g/mol. The summed E-state index contributed by atoms with van der Waals surface area (Å²) in [6, 6.07) is 14.0. The number of nitrogens with zero attached hydrogens (tertiary/aromatic N) is 2. The number of hydrogen-bond donors (Lipinski definition) is 2. The van der Waals surface area contributed by atoms with Gasteiger partial charge in [0, 0.05) is 11.9 Å². The van der Waals surface area contributed by atoms with Crippen molar-refractivity contribution in [2.24, 2.45) is 0 Å². The number of carbonyl (C=O) groups excluding carboxylic acids is 1. The van der Waals surface area contributed by atoms with Crippen LogP contribution in [0.4, 0.5) is 15.8 Å². The summed E-state index contributed by atoms with van der Waals surface area (Å²) in [5.74, 6) is -1.25. The van der Waals surface area contributed by atoms with Crippen LogP contribution in [0.15, 0.2) is 54.2 Å². The average Bonchev–Trinajstić information content (AvgIpc) is 2.59. The van der Waals surface area contributed by atoms with Crippen LogP contribution in [0, 0.1) is 28.5 Å². The lowest BCUT2D eigenvalue weighted by Gasteiger charge is -2.07. The zero-order chi connectivity index (χ0) is 17.5. The van der Waals surface area contributed by atoms with Crippen LogP contribution in [0.3, 0.4) is 0 Å². The zero-order valence-corrected chi connectivity index (χ0v) is 12.9. The van der Waals surface area contributed by atoms with Crippen LogP contribution in [0.25, 0.3) is 0 Å². The molecular weight excluding hydrogens is 331 g/mol. The van der Waals surface area contributed by atoms with E-state index in [-0.39, 0.29) is 16.2 Å². The van der Waals surface area contributed by atoms with Gasteiger partial charge in [-0.15, -0.1) is 0 Å². The van der Waals surface area contributed by atoms with E-state index in [1.165, 1.54) is 18.3 Å². The molecule has 0 unspecified atom stereocenters. The van der Waals surface area contributed by atoms with Crippen LogP contribution in [0.1, 0.15) is 5.56 Å². The molecule has 0 aliphatic rings. The lowest BCUT2D eigenvalue weighted by Crippen LogP contribution is -2.15. The van der Waals surface area contributed by atoms with Crippen molar-refractivity contribution in [1.29, 1.82) is 10.5 Å². The first kappa shape index (κ1) is 17.0. The van der Waals surface area contributed by atoms with Gasteiger partial charge >= 0.3 is 0 Å². The smallest absolute Gasteiger partial charge is 0.267 e. The summed E-state index contributed by atoms with van der Waals surface area (Å²) in [6.07, 6.45) is 1.17. The lowest BCUT2D eigenvalue weighted by atomic mass is 10.2. The number of halogens is 2. The van der Waals surface area contributed by atoms with E-state index in [4.69, 9.17) is 22.1 Å². The quantitative estimate of drug-likeness (QED) is 0.654. The Bertz CT molecular complexity index is 896. The minimum absolute atomic E-state index is 0.0840. The Hall–Kier alpha value is -3.35. The number of anilines is 2. The van der Waals surface area contributed by atoms with Gasteiger partial charge < -0.3 is 10.6 Å². The van der Waals surface area contributed by atoms with Gasteiger partial charge in [-0.25, -0.2) is 4.39 Å². The van der Waals surface area contributed by atoms with Crippen molar-refractivity contribution in [2.45, 2.75) is 0 Å². The lowest BCUT2D eigenvalue weighted by molar-refractivity contribution is -0.112. The molecule has 0 fully saturated rings. The topological polar surface area (TPSA) is 88.7 Å². The van der Waals surface area contributed by atoms with Crippen LogP contribution in [-0.4, -0.2) is 5.91 Å². The molecule has 2 rings (SSSR count). The second-order valence-corrected chi connectivity index (χ2v) is 4.96. The Kier molecular flexibility index (Phi) is 5.51. The second kappa shape index (κ2) is 7.77. The van der Waals surface area contributed by atoms with E-state index in [9.17, 15) is 9.18 Å². The minimum Gasteiger partial charge on any atom is -0.360 e. The number of carbonyl (C=O) groups is 1. The van der Waals surface area contributed by atoms with Gasteiger partial charge in [0.1, 0.15) is 23.5 Å². The number of nitrogens with one attached hydrogen (secondary N) is 2. The van der Waals surface area contributed by atoms with Gasteiger partial charge in [-0.2, -0.15) is 10.5 Å². The third kappa shape index (κ3) is 4.10. The first-order valence-electron chi connectivity index (χ1n) is 6.67. The van der Waals surface area contributed by atoms with Crippen molar-refractivity contribution in [3.05, 3.63) is 70.6 Å². The molecule has 2 aromatic rings. The van der Waals surface area contributed by atoms with Crippen molar-refractivity contribution in [3.63, 3.8) is 0 Å². The molecule has 0 spiro atoms. The first-order valence-corrected chi connectivity index (χ1v) is 7.05. The molecule has 0 bridgehead atoms. The number of benzene rings is 2. The van der Waals surface area contributed by atoms with E-state index in [1.54, 1.807) is 30.3 Å². The molecule has 118 valence electrons. The van der Waals surface area contributed by atoms with Gasteiger partial charge in [-0.1, -0.05) is 23.7 Å². The maximum atomic E-state index is 13.1. The van der Waals surface area contributed by atoms with E-state index in [0.29, 0.717) is 11.4 Å². The molecule has 1 amide bonds. The zero-order valence-electron chi connectivity index (χ0n) is 12.2. The summed E-state index contributed by atoms with van der Waals surface area (Å²) in [5.41, 5.74) is 0.778. The van der Waals surface area contributed by atoms with E-state index in [1.807, 2.05) is 6.07 Å². The van der Waals surface area contributed by atoms with Gasteiger partial charge in [0.05, 0.1) is 16.3 Å². The summed E-state index contributed by atoms with van der Waals surface area (Å²) < 4.78 is 13.1. The van der Waals surface area contributed by atoms with Crippen molar-refractivity contribution >= 4 is 28.9 Å². The molecule has 0 saturated heterocycles. The summed E-state index contributed by atoms with van der Waals surface area (Å²) >= 11 is 5.66. The second-order valence-electron chi connectivity index (χ2n) is 4.55. The van der Waals surface area contributed by atoms with Crippen molar-refractivity contribution < 1.29 is 9.18 Å². The van der Waals surface area contributed by atoms with Crippen LogP contribution >= 0.6 is 11.6 Å². The van der Waals surface area contributed by atoms with Gasteiger partial charge in [0.25, 0.3) is 5.91 Å². The monoisotopic (exact) mass is 340 g/mol. The Morgan fingerprint density at radius 3 is 2.62 bits per heavy atom. The largest absolute Gasteiger partial charge is 0.360 e. The van der Waals surface area contributed by atoms with Gasteiger partial charge in [-0.3, -0.25) is 4.79 Å². The molecule has 0 aliphatic carbocycles.